The van der Waals surface area contributed by atoms with E-state index in [1.54, 1.807) is 53.6 Å². The third kappa shape index (κ3) is 4.71. The molecule has 2 aromatic carbocycles. The van der Waals surface area contributed by atoms with Crippen LogP contribution in [0.15, 0.2) is 65.2 Å². The molecule has 0 saturated carbocycles. The third-order valence-electron chi connectivity index (χ3n) is 7.52. The highest BCUT2D eigenvalue weighted by atomic mass is 35.5. The first-order valence-corrected chi connectivity index (χ1v) is 12.9. The Labute approximate surface area is 223 Å². The van der Waals surface area contributed by atoms with Crippen LogP contribution in [0, 0.1) is 5.92 Å². The van der Waals surface area contributed by atoms with Crippen molar-refractivity contribution in [3.05, 3.63) is 76.5 Å². The first-order valence-electron chi connectivity index (χ1n) is 12.6. The Balaban J connectivity index is 1.68. The molecule has 2 aliphatic rings. The maximum atomic E-state index is 14.1. The van der Waals surface area contributed by atoms with Crippen molar-refractivity contribution >= 4 is 34.6 Å². The quantitative estimate of drug-likeness (QED) is 0.414. The molecule has 1 aromatic heterocycles. The second-order valence-electron chi connectivity index (χ2n) is 9.78. The van der Waals surface area contributed by atoms with E-state index in [1.807, 2.05) is 6.08 Å². The number of likely N-dealkylation sites (tertiary alicyclic amines) is 1. The number of aliphatic imine (C=N–C) groups is 1. The summed E-state index contributed by atoms with van der Waals surface area (Å²) in [6, 6.07) is 12.9. The average molecular weight is 542 g/mol. The minimum atomic E-state index is -4.71. The summed E-state index contributed by atoms with van der Waals surface area (Å²) < 4.78 is 42.2. The van der Waals surface area contributed by atoms with E-state index >= 15 is 0 Å². The van der Waals surface area contributed by atoms with Crippen LogP contribution in [0.2, 0.25) is 5.02 Å². The van der Waals surface area contributed by atoms with Crippen molar-refractivity contribution in [3.63, 3.8) is 0 Å². The van der Waals surface area contributed by atoms with Gasteiger partial charge in [0, 0.05) is 49.3 Å². The molecule has 0 bridgehead atoms. The molecule has 198 valence electrons. The standard InChI is InChI=1S/C29H27ClF3N3O2/c1-18(37)36-14-11-20(12-15-36)28(38,22-8-5-13-34-17-22)21-9-10-24-23(16-21)26(30)25(19-6-3-2-4-7-19)27(35-24)29(31,32)33/h2-4,6-10,16-17,20,38H,5,11-15H2,1H3. The molecule has 1 amide bonds. The van der Waals surface area contributed by atoms with Crippen molar-refractivity contribution in [2.24, 2.45) is 10.9 Å². The summed E-state index contributed by atoms with van der Waals surface area (Å²) in [7, 11) is 0. The van der Waals surface area contributed by atoms with Crippen LogP contribution < -0.4 is 0 Å². The number of carbonyl (C=O) groups is 1. The van der Waals surface area contributed by atoms with E-state index in [0.717, 1.165) is 0 Å². The van der Waals surface area contributed by atoms with Gasteiger partial charge in [-0.2, -0.15) is 13.2 Å². The first kappa shape index (κ1) is 26.4. The van der Waals surface area contributed by atoms with Crippen molar-refractivity contribution in [2.45, 2.75) is 38.0 Å². The van der Waals surface area contributed by atoms with Crippen LogP contribution in [0.4, 0.5) is 13.2 Å². The fourth-order valence-electron chi connectivity index (χ4n) is 5.55. The number of hydrogen-bond donors (Lipinski definition) is 1. The molecule has 1 fully saturated rings. The zero-order valence-electron chi connectivity index (χ0n) is 20.8. The normalized spacial score (nSPS) is 18.4. The summed E-state index contributed by atoms with van der Waals surface area (Å²) in [4.78, 5) is 22.0. The number of aliphatic hydroxyl groups is 1. The van der Waals surface area contributed by atoms with E-state index in [4.69, 9.17) is 11.6 Å². The van der Waals surface area contributed by atoms with Gasteiger partial charge in [-0.15, -0.1) is 0 Å². The van der Waals surface area contributed by atoms with Gasteiger partial charge in [0.1, 0.15) is 5.60 Å². The van der Waals surface area contributed by atoms with E-state index in [9.17, 15) is 23.1 Å². The van der Waals surface area contributed by atoms with E-state index in [0.29, 0.717) is 61.0 Å². The molecule has 0 radical (unpaired) electrons. The number of piperidine rings is 1. The van der Waals surface area contributed by atoms with Gasteiger partial charge < -0.3 is 10.0 Å². The fourth-order valence-corrected chi connectivity index (χ4v) is 5.90. The van der Waals surface area contributed by atoms with Crippen LogP contribution in [-0.4, -0.2) is 46.7 Å². The monoisotopic (exact) mass is 541 g/mol. The Kier molecular flexibility index (Phi) is 7.05. The molecular weight excluding hydrogens is 515 g/mol. The molecule has 2 aliphatic heterocycles. The molecule has 0 aliphatic carbocycles. The molecule has 0 spiro atoms. The Morgan fingerprint density at radius 2 is 1.82 bits per heavy atom. The number of aromatic nitrogens is 1. The molecule has 3 aromatic rings. The summed E-state index contributed by atoms with van der Waals surface area (Å²) in [6.45, 7) is 3.17. The maximum Gasteiger partial charge on any atom is 0.434 e. The molecule has 1 unspecified atom stereocenters. The largest absolute Gasteiger partial charge is 0.434 e. The van der Waals surface area contributed by atoms with Crippen LogP contribution in [0.25, 0.3) is 22.0 Å². The van der Waals surface area contributed by atoms with Crippen molar-refractivity contribution in [2.75, 3.05) is 19.6 Å². The van der Waals surface area contributed by atoms with Crippen LogP contribution in [-0.2, 0) is 16.6 Å². The first-order chi connectivity index (χ1) is 18.1. The lowest BCUT2D eigenvalue weighted by atomic mass is 9.71. The number of halogens is 4. The molecule has 1 N–H and O–H groups in total. The highest BCUT2D eigenvalue weighted by molar-refractivity contribution is 6.38. The molecule has 3 heterocycles. The summed E-state index contributed by atoms with van der Waals surface area (Å²) in [5.41, 5.74) is -1.16. The Hall–Kier alpha value is -3.23. The number of hydrogen-bond acceptors (Lipinski definition) is 4. The highest BCUT2D eigenvalue weighted by Crippen LogP contribution is 2.46. The van der Waals surface area contributed by atoms with Gasteiger partial charge in [-0.25, -0.2) is 4.98 Å². The SMILES string of the molecule is CC(=O)N1CCC(C(O)(C2=CCCN=C2)c2ccc3nc(C(F)(F)F)c(-c4ccccc4)c(Cl)c3c2)CC1. The van der Waals surface area contributed by atoms with E-state index in [-0.39, 0.29) is 27.9 Å². The molecule has 5 nitrogen and oxygen atoms in total. The lowest BCUT2D eigenvalue weighted by Gasteiger charge is -2.43. The van der Waals surface area contributed by atoms with E-state index in [1.165, 1.54) is 13.0 Å². The summed E-state index contributed by atoms with van der Waals surface area (Å²) in [5, 5.41) is 12.6. The van der Waals surface area contributed by atoms with Gasteiger partial charge in [-0.1, -0.05) is 54.1 Å². The molecule has 5 rings (SSSR count). The topological polar surface area (TPSA) is 65.8 Å². The smallest absolute Gasteiger partial charge is 0.380 e. The Morgan fingerprint density at radius 3 is 2.42 bits per heavy atom. The van der Waals surface area contributed by atoms with E-state index in [2.05, 4.69) is 9.98 Å². The highest BCUT2D eigenvalue weighted by Gasteiger charge is 2.44. The van der Waals surface area contributed by atoms with E-state index < -0.39 is 17.5 Å². The number of pyridine rings is 1. The van der Waals surface area contributed by atoms with Gasteiger partial charge in [0.05, 0.1) is 10.5 Å². The number of amides is 1. The zero-order chi connectivity index (χ0) is 27.1. The number of nitrogens with zero attached hydrogens (tertiary/aromatic N) is 3. The van der Waals surface area contributed by atoms with Gasteiger partial charge in [0.15, 0.2) is 5.69 Å². The van der Waals surface area contributed by atoms with Crippen LogP contribution >= 0.6 is 11.6 Å². The molecule has 1 atom stereocenters. The molecule has 38 heavy (non-hydrogen) atoms. The second-order valence-corrected chi connectivity index (χ2v) is 10.2. The predicted octanol–water partition coefficient (Wildman–Crippen LogP) is 6.42. The Bertz CT molecular complexity index is 1430. The predicted molar refractivity (Wildman–Crippen MR) is 142 cm³/mol. The number of dihydropyridines is 1. The zero-order valence-corrected chi connectivity index (χ0v) is 21.6. The lowest BCUT2D eigenvalue weighted by Crippen LogP contribution is -2.46. The molecule has 1 saturated heterocycles. The maximum absolute atomic E-state index is 14.1. The number of carbonyl (C=O) groups excluding carboxylic acids is 1. The molecular formula is C29H27ClF3N3O2. The minimum Gasteiger partial charge on any atom is -0.380 e. The molecule has 9 heteroatoms. The van der Waals surface area contributed by atoms with Crippen molar-refractivity contribution in [1.82, 2.24) is 9.88 Å². The summed E-state index contributed by atoms with van der Waals surface area (Å²) in [6.07, 6.45) is 0.713. The van der Waals surface area contributed by atoms with Gasteiger partial charge in [-0.3, -0.25) is 9.79 Å². The number of alkyl halides is 3. The van der Waals surface area contributed by atoms with Crippen molar-refractivity contribution in [1.29, 1.82) is 0 Å². The number of fused-ring (bicyclic) bond motifs is 1. The van der Waals surface area contributed by atoms with Crippen molar-refractivity contribution in [3.8, 4) is 11.1 Å². The summed E-state index contributed by atoms with van der Waals surface area (Å²) in [5.74, 6) is -0.246. The van der Waals surface area contributed by atoms with Crippen LogP contribution in [0.3, 0.4) is 0 Å². The van der Waals surface area contributed by atoms with Crippen LogP contribution in [0.5, 0.6) is 0 Å². The van der Waals surface area contributed by atoms with Gasteiger partial charge in [0.25, 0.3) is 0 Å². The minimum absolute atomic E-state index is 0.0112. The number of rotatable bonds is 4. The Morgan fingerprint density at radius 1 is 1.11 bits per heavy atom. The van der Waals surface area contributed by atoms with Gasteiger partial charge in [0.2, 0.25) is 5.91 Å². The van der Waals surface area contributed by atoms with Crippen molar-refractivity contribution < 1.29 is 23.1 Å². The summed E-state index contributed by atoms with van der Waals surface area (Å²) >= 11 is 6.73. The fraction of sp³-hybridized carbons (Fsp3) is 0.345. The lowest BCUT2D eigenvalue weighted by molar-refractivity contribution is -0.140. The van der Waals surface area contributed by atoms with Crippen LogP contribution in [0.1, 0.15) is 37.4 Å². The second kappa shape index (κ2) is 10.2. The van der Waals surface area contributed by atoms with Gasteiger partial charge in [-0.05, 0) is 48.4 Å². The third-order valence-corrected chi connectivity index (χ3v) is 7.91. The number of benzene rings is 2. The average Bonchev–Trinajstić information content (AvgIpc) is 2.93. The van der Waals surface area contributed by atoms with Gasteiger partial charge >= 0.3 is 6.18 Å².